The number of nitro groups is 1. The fourth-order valence-electron chi connectivity index (χ4n) is 2.56. The molecule has 2 heterocycles. The highest BCUT2D eigenvalue weighted by molar-refractivity contribution is 7.71. The first kappa shape index (κ1) is 13.5. The molecule has 4 rings (SSSR count). The van der Waals surface area contributed by atoms with E-state index in [4.69, 9.17) is 12.2 Å². The van der Waals surface area contributed by atoms with Gasteiger partial charge in [-0.05, 0) is 12.1 Å². The number of hydrogen-bond donors (Lipinski definition) is 1. The Labute approximate surface area is 134 Å². The first-order valence-corrected chi connectivity index (χ1v) is 7.17. The number of non-ortho nitro benzene ring substituents is 1. The largest absolute Gasteiger partial charge is 0.342 e. The number of benzene rings is 2. The monoisotopic (exact) mass is 323 g/mol. The lowest BCUT2D eigenvalue weighted by molar-refractivity contribution is -0.384. The Hall–Kier alpha value is -3.13. The van der Waals surface area contributed by atoms with Gasteiger partial charge in [-0.3, -0.25) is 14.5 Å². The van der Waals surface area contributed by atoms with E-state index in [1.54, 1.807) is 12.1 Å². The van der Waals surface area contributed by atoms with Gasteiger partial charge in [-0.25, -0.2) is 0 Å². The van der Waals surface area contributed by atoms with Crippen molar-refractivity contribution in [3.63, 3.8) is 0 Å². The molecule has 7 nitrogen and oxygen atoms in total. The number of nitrogens with zero attached hydrogens (tertiary/aromatic N) is 4. The number of fused-ring (bicyclic) bond motifs is 3. The molecule has 0 aliphatic rings. The Morgan fingerprint density at radius 1 is 1.13 bits per heavy atom. The zero-order valence-corrected chi connectivity index (χ0v) is 12.4. The van der Waals surface area contributed by atoms with Gasteiger partial charge in [0.05, 0.1) is 16.0 Å². The minimum absolute atomic E-state index is 0.00430. The summed E-state index contributed by atoms with van der Waals surface area (Å²) in [5.74, 6) is 0.514. The molecule has 8 heteroatoms. The first-order valence-electron chi connectivity index (χ1n) is 6.76. The summed E-state index contributed by atoms with van der Waals surface area (Å²) < 4.78 is 2.28. The van der Waals surface area contributed by atoms with Crippen LogP contribution < -0.4 is 0 Å². The van der Waals surface area contributed by atoms with Crippen molar-refractivity contribution in [2.24, 2.45) is 0 Å². The Morgan fingerprint density at radius 3 is 2.78 bits per heavy atom. The smallest absolute Gasteiger partial charge is 0.270 e. The fourth-order valence-corrected chi connectivity index (χ4v) is 2.80. The third-order valence-corrected chi connectivity index (χ3v) is 3.86. The van der Waals surface area contributed by atoms with Crippen LogP contribution in [0.4, 0.5) is 5.69 Å². The van der Waals surface area contributed by atoms with E-state index < -0.39 is 4.92 Å². The van der Waals surface area contributed by atoms with Crippen molar-refractivity contribution >= 4 is 34.6 Å². The van der Waals surface area contributed by atoms with Gasteiger partial charge in [0.1, 0.15) is 4.64 Å². The molecule has 23 heavy (non-hydrogen) atoms. The van der Waals surface area contributed by atoms with Crippen LogP contribution in [-0.2, 0) is 0 Å². The van der Waals surface area contributed by atoms with Gasteiger partial charge in [0.15, 0.2) is 11.5 Å². The van der Waals surface area contributed by atoms with Gasteiger partial charge in [0, 0.05) is 17.7 Å². The van der Waals surface area contributed by atoms with Crippen LogP contribution in [0.25, 0.3) is 28.1 Å². The second kappa shape index (κ2) is 4.96. The predicted octanol–water partition coefficient (Wildman–Crippen LogP) is 3.52. The van der Waals surface area contributed by atoms with E-state index in [9.17, 15) is 10.1 Å². The molecule has 0 radical (unpaired) electrons. The Balaban J connectivity index is 2.11. The summed E-state index contributed by atoms with van der Waals surface area (Å²) >= 11 is 5.32. The van der Waals surface area contributed by atoms with Gasteiger partial charge in [0.2, 0.25) is 0 Å². The maximum Gasteiger partial charge on any atom is 0.270 e. The van der Waals surface area contributed by atoms with Crippen LogP contribution in [0.1, 0.15) is 0 Å². The molecule has 0 amide bonds. The van der Waals surface area contributed by atoms with Gasteiger partial charge in [-0.2, -0.15) is 0 Å². The highest BCUT2D eigenvalue weighted by Crippen LogP contribution is 2.25. The maximum atomic E-state index is 11.0. The number of aromatic amines is 1. The van der Waals surface area contributed by atoms with Crippen molar-refractivity contribution in [3.05, 3.63) is 63.3 Å². The lowest BCUT2D eigenvalue weighted by Crippen LogP contribution is -1.96. The second-order valence-electron chi connectivity index (χ2n) is 4.96. The van der Waals surface area contributed by atoms with Crippen molar-refractivity contribution in [2.75, 3.05) is 0 Å². The van der Waals surface area contributed by atoms with Crippen molar-refractivity contribution < 1.29 is 4.92 Å². The standard InChI is InChI=1S/C15H9N5O2S/c21-20(22)10-5-3-4-9(8-10)13-17-18-14-15(23)16-11-6-1-2-7-12(11)19(13)14/h1-8H,(H,16,23). The van der Waals surface area contributed by atoms with E-state index in [2.05, 4.69) is 15.2 Å². The second-order valence-corrected chi connectivity index (χ2v) is 5.37. The fraction of sp³-hybridized carbons (Fsp3) is 0. The number of nitrogens with one attached hydrogen (secondary N) is 1. The van der Waals surface area contributed by atoms with Gasteiger partial charge in [-0.15, -0.1) is 10.2 Å². The predicted molar refractivity (Wildman–Crippen MR) is 87.8 cm³/mol. The van der Waals surface area contributed by atoms with Gasteiger partial charge in [0.25, 0.3) is 5.69 Å². The van der Waals surface area contributed by atoms with Gasteiger partial charge < -0.3 is 4.98 Å². The van der Waals surface area contributed by atoms with Crippen LogP contribution in [0.2, 0.25) is 0 Å². The molecule has 0 aliphatic carbocycles. The van der Waals surface area contributed by atoms with Crippen molar-refractivity contribution in [1.82, 2.24) is 19.6 Å². The molecule has 1 N–H and O–H groups in total. The number of hydrogen-bond acceptors (Lipinski definition) is 5. The molecule has 2 aromatic carbocycles. The van der Waals surface area contributed by atoms with Crippen molar-refractivity contribution in [1.29, 1.82) is 0 Å². The third-order valence-electron chi connectivity index (χ3n) is 3.57. The Bertz CT molecular complexity index is 1130. The van der Waals surface area contributed by atoms with Crippen molar-refractivity contribution in [3.8, 4) is 11.4 Å². The van der Waals surface area contributed by atoms with Gasteiger partial charge in [-0.1, -0.05) is 36.5 Å². The maximum absolute atomic E-state index is 11.0. The molecule has 0 saturated heterocycles. The number of nitro benzene ring substituents is 1. The minimum atomic E-state index is -0.433. The lowest BCUT2D eigenvalue weighted by Gasteiger charge is -2.05. The summed E-state index contributed by atoms with van der Waals surface area (Å²) in [5, 5.41) is 19.3. The van der Waals surface area contributed by atoms with Crippen molar-refractivity contribution in [2.45, 2.75) is 0 Å². The topological polar surface area (TPSA) is 89.1 Å². The summed E-state index contributed by atoms with van der Waals surface area (Å²) in [7, 11) is 0. The first-order chi connectivity index (χ1) is 11.1. The SMILES string of the molecule is O=[N+]([O-])c1cccc(-c2nnc3c(=S)[nH]c4ccccc4n23)c1. The Kier molecular flexibility index (Phi) is 2.91. The number of H-pyrrole nitrogens is 1. The normalized spacial score (nSPS) is 11.1. The summed E-state index contributed by atoms with van der Waals surface area (Å²) in [4.78, 5) is 13.7. The molecule has 0 unspecified atom stereocenters. The zero-order chi connectivity index (χ0) is 16.0. The van der Waals surface area contributed by atoms with E-state index in [0.717, 1.165) is 11.0 Å². The molecular formula is C15H9N5O2S. The minimum Gasteiger partial charge on any atom is -0.342 e. The van der Waals surface area contributed by atoms with Crippen LogP contribution in [0.5, 0.6) is 0 Å². The summed E-state index contributed by atoms with van der Waals surface area (Å²) in [6.45, 7) is 0. The quantitative estimate of drug-likeness (QED) is 0.346. The average Bonchev–Trinajstić information content (AvgIpc) is 3.01. The number of aromatic nitrogens is 4. The molecule has 2 aromatic heterocycles. The molecule has 0 fully saturated rings. The number of para-hydroxylation sites is 2. The molecule has 112 valence electrons. The molecule has 0 spiro atoms. The van der Waals surface area contributed by atoms with Crippen LogP contribution in [0, 0.1) is 14.8 Å². The summed E-state index contributed by atoms with van der Waals surface area (Å²) in [6, 6.07) is 13.9. The summed E-state index contributed by atoms with van der Waals surface area (Å²) in [6.07, 6.45) is 0. The zero-order valence-electron chi connectivity index (χ0n) is 11.6. The van der Waals surface area contributed by atoms with E-state index in [1.807, 2.05) is 28.7 Å². The Morgan fingerprint density at radius 2 is 1.96 bits per heavy atom. The van der Waals surface area contributed by atoms with Crippen LogP contribution in [0.15, 0.2) is 48.5 Å². The highest BCUT2D eigenvalue weighted by atomic mass is 32.1. The third kappa shape index (κ3) is 2.08. The lowest BCUT2D eigenvalue weighted by atomic mass is 10.2. The molecule has 0 atom stereocenters. The molecule has 0 bridgehead atoms. The molecule has 0 saturated carbocycles. The van der Waals surface area contributed by atoms with E-state index >= 15 is 0 Å². The van der Waals surface area contributed by atoms with Gasteiger partial charge >= 0.3 is 0 Å². The molecule has 0 aliphatic heterocycles. The van der Waals surface area contributed by atoms with Crippen LogP contribution in [0.3, 0.4) is 0 Å². The van der Waals surface area contributed by atoms with E-state index in [1.165, 1.54) is 12.1 Å². The van der Waals surface area contributed by atoms with Crippen LogP contribution in [-0.4, -0.2) is 24.5 Å². The molecular weight excluding hydrogens is 314 g/mol. The van der Waals surface area contributed by atoms with Crippen LogP contribution >= 0.6 is 12.2 Å². The molecule has 4 aromatic rings. The summed E-state index contributed by atoms with van der Waals surface area (Å²) in [5.41, 5.74) is 2.82. The number of rotatable bonds is 2. The van der Waals surface area contributed by atoms with E-state index in [0.29, 0.717) is 21.7 Å². The van der Waals surface area contributed by atoms with E-state index in [-0.39, 0.29) is 5.69 Å². The average molecular weight is 323 g/mol. The highest BCUT2D eigenvalue weighted by Gasteiger charge is 2.15.